The second kappa shape index (κ2) is 6.49. The molecule has 2 aliphatic rings. The van der Waals surface area contributed by atoms with Gasteiger partial charge in [-0.2, -0.15) is 0 Å². The Morgan fingerprint density at radius 3 is 2.91 bits per heavy atom. The molecular formula is C18H26N2O3. The summed E-state index contributed by atoms with van der Waals surface area (Å²) in [5, 5.41) is 11.2. The van der Waals surface area contributed by atoms with E-state index < -0.39 is 5.60 Å². The number of rotatable bonds is 4. The van der Waals surface area contributed by atoms with Crippen LogP contribution in [0.4, 0.5) is 0 Å². The van der Waals surface area contributed by atoms with Gasteiger partial charge in [0.15, 0.2) is 0 Å². The van der Waals surface area contributed by atoms with Crippen molar-refractivity contribution >= 4 is 5.91 Å². The first kappa shape index (κ1) is 16.3. The van der Waals surface area contributed by atoms with Crippen LogP contribution in [0.15, 0.2) is 24.3 Å². The maximum Gasteiger partial charge on any atom is 0.231 e. The van der Waals surface area contributed by atoms with Gasteiger partial charge in [0, 0.05) is 24.1 Å². The second-order valence-corrected chi connectivity index (χ2v) is 6.83. The van der Waals surface area contributed by atoms with E-state index in [0.29, 0.717) is 13.0 Å². The summed E-state index contributed by atoms with van der Waals surface area (Å²) in [6.07, 6.45) is 4.70. The maximum atomic E-state index is 11.5. The molecule has 0 spiro atoms. The maximum absolute atomic E-state index is 11.5. The second-order valence-electron chi connectivity index (χ2n) is 6.83. The van der Waals surface area contributed by atoms with Gasteiger partial charge in [0.05, 0.1) is 19.3 Å². The molecule has 0 radical (unpaired) electrons. The van der Waals surface area contributed by atoms with Crippen molar-refractivity contribution in [3.8, 4) is 5.75 Å². The first-order valence-electron chi connectivity index (χ1n) is 8.43. The van der Waals surface area contributed by atoms with Gasteiger partial charge in [0.25, 0.3) is 0 Å². The van der Waals surface area contributed by atoms with Crippen LogP contribution in [0.1, 0.15) is 43.7 Å². The van der Waals surface area contributed by atoms with E-state index in [2.05, 4.69) is 4.90 Å². The first-order chi connectivity index (χ1) is 11.0. The molecular weight excluding hydrogens is 292 g/mol. The van der Waals surface area contributed by atoms with Crippen LogP contribution in [0, 0.1) is 5.92 Å². The fourth-order valence-corrected chi connectivity index (χ4v) is 4.44. The van der Waals surface area contributed by atoms with Gasteiger partial charge in [0.2, 0.25) is 5.91 Å². The number of carbonyl (C=O) groups is 1. The fourth-order valence-electron chi connectivity index (χ4n) is 4.44. The van der Waals surface area contributed by atoms with Gasteiger partial charge < -0.3 is 15.6 Å². The van der Waals surface area contributed by atoms with Gasteiger partial charge in [-0.25, -0.2) is 0 Å². The Morgan fingerprint density at radius 1 is 1.39 bits per heavy atom. The van der Waals surface area contributed by atoms with Crippen LogP contribution in [0.25, 0.3) is 0 Å². The molecule has 1 saturated carbocycles. The Morgan fingerprint density at radius 2 is 2.17 bits per heavy atom. The quantitative estimate of drug-likeness (QED) is 0.888. The highest BCUT2D eigenvalue weighted by Crippen LogP contribution is 2.50. The summed E-state index contributed by atoms with van der Waals surface area (Å²) in [6, 6.07) is 7.87. The van der Waals surface area contributed by atoms with E-state index in [1.165, 1.54) is 0 Å². The van der Waals surface area contributed by atoms with E-state index in [1.54, 1.807) is 7.11 Å². The van der Waals surface area contributed by atoms with Crippen LogP contribution >= 0.6 is 0 Å². The normalized spacial score (nSPS) is 31.4. The van der Waals surface area contributed by atoms with Crippen LogP contribution in [-0.2, 0) is 4.79 Å². The van der Waals surface area contributed by atoms with Crippen molar-refractivity contribution < 1.29 is 14.6 Å². The van der Waals surface area contributed by atoms with Gasteiger partial charge in [-0.15, -0.1) is 0 Å². The highest BCUT2D eigenvalue weighted by Gasteiger charge is 2.49. The molecule has 126 valence electrons. The van der Waals surface area contributed by atoms with E-state index >= 15 is 0 Å². The number of hydrogen-bond donors (Lipinski definition) is 2. The lowest BCUT2D eigenvalue weighted by Crippen LogP contribution is -2.56. The number of ether oxygens (including phenoxy) is 1. The van der Waals surface area contributed by atoms with Crippen LogP contribution in [0.3, 0.4) is 0 Å². The van der Waals surface area contributed by atoms with Crippen LogP contribution < -0.4 is 10.5 Å². The summed E-state index contributed by atoms with van der Waals surface area (Å²) in [6.45, 7) is 0.897. The number of amides is 1. The van der Waals surface area contributed by atoms with E-state index in [0.717, 1.165) is 37.0 Å². The summed E-state index contributed by atoms with van der Waals surface area (Å²) >= 11 is 0. The zero-order valence-corrected chi connectivity index (χ0v) is 13.7. The molecule has 0 bridgehead atoms. The third kappa shape index (κ3) is 3.08. The standard InChI is InChI=1S/C18H26N2O3/c1-23-15-8-3-2-6-13(15)17-14-7-4-5-9-18(14,22)10-11-20(17)12-16(19)21/h2-3,6,8,14,17,22H,4-5,7,9-12H2,1H3,(H2,19,21)/t14-,17+,18-/m1/s1. The molecule has 1 amide bonds. The Labute approximate surface area is 137 Å². The number of fused-ring (bicyclic) bond motifs is 1. The number of likely N-dealkylation sites (tertiary alicyclic amines) is 1. The molecule has 1 heterocycles. The number of carbonyl (C=O) groups excluding carboxylic acids is 1. The van der Waals surface area contributed by atoms with Crippen molar-refractivity contribution in [3.05, 3.63) is 29.8 Å². The molecule has 5 nitrogen and oxygen atoms in total. The lowest BCUT2D eigenvalue weighted by Gasteiger charge is -2.52. The highest BCUT2D eigenvalue weighted by atomic mass is 16.5. The molecule has 2 fully saturated rings. The summed E-state index contributed by atoms with van der Waals surface area (Å²) in [4.78, 5) is 13.6. The van der Waals surface area contributed by atoms with Crippen molar-refractivity contribution in [1.29, 1.82) is 0 Å². The monoisotopic (exact) mass is 318 g/mol. The number of nitrogens with zero attached hydrogens (tertiary/aromatic N) is 1. The van der Waals surface area contributed by atoms with E-state index in [1.807, 2.05) is 24.3 Å². The zero-order valence-electron chi connectivity index (χ0n) is 13.7. The van der Waals surface area contributed by atoms with Gasteiger partial charge in [0.1, 0.15) is 5.75 Å². The van der Waals surface area contributed by atoms with E-state index in [4.69, 9.17) is 10.5 Å². The third-order valence-electron chi connectivity index (χ3n) is 5.49. The molecule has 0 aromatic heterocycles. The summed E-state index contributed by atoms with van der Waals surface area (Å²) in [5.74, 6) is 0.591. The predicted molar refractivity (Wildman–Crippen MR) is 88.0 cm³/mol. The summed E-state index contributed by atoms with van der Waals surface area (Å²) in [5.41, 5.74) is 5.86. The molecule has 23 heavy (non-hydrogen) atoms. The lowest BCUT2D eigenvalue weighted by atomic mass is 9.66. The Hall–Kier alpha value is -1.59. The Bertz CT molecular complexity index is 577. The highest BCUT2D eigenvalue weighted by molar-refractivity contribution is 5.76. The van der Waals surface area contributed by atoms with Crippen LogP contribution in [0.5, 0.6) is 5.75 Å². The van der Waals surface area contributed by atoms with Crippen LogP contribution in [-0.4, -0.2) is 41.7 Å². The largest absolute Gasteiger partial charge is 0.496 e. The Balaban J connectivity index is 2.02. The molecule has 1 aliphatic heterocycles. The van der Waals surface area contributed by atoms with E-state index in [9.17, 15) is 9.90 Å². The van der Waals surface area contributed by atoms with Crippen molar-refractivity contribution in [2.45, 2.75) is 43.7 Å². The zero-order chi connectivity index (χ0) is 16.4. The number of benzene rings is 1. The summed E-state index contributed by atoms with van der Waals surface area (Å²) < 4.78 is 5.54. The Kier molecular flexibility index (Phi) is 4.60. The molecule has 1 aromatic carbocycles. The number of methoxy groups -OCH3 is 1. The van der Waals surface area contributed by atoms with Gasteiger partial charge in [-0.3, -0.25) is 9.69 Å². The molecule has 0 unspecified atom stereocenters. The SMILES string of the molecule is COc1ccccc1[C@H]1[C@H]2CCCC[C@@]2(O)CCN1CC(N)=O. The number of piperidine rings is 1. The molecule has 3 atom stereocenters. The van der Waals surface area contributed by atoms with Crippen molar-refractivity contribution in [2.75, 3.05) is 20.2 Å². The number of hydrogen-bond acceptors (Lipinski definition) is 4. The topological polar surface area (TPSA) is 75.8 Å². The minimum Gasteiger partial charge on any atom is -0.496 e. The van der Waals surface area contributed by atoms with Gasteiger partial charge in [-0.1, -0.05) is 31.0 Å². The number of primary amides is 1. The molecule has 1 aromatic rings. The molecule has 1 aliphatic carbocycles. The van der Waals surface area contributed by atoms with Crippen LogP contribution in [0.2, 0.25) is 0 Å². The number of para-hydroxylation sites is 1. The fraction of sp³-hybridized carbons (Fsp3) is 0.611. The molecule has 5 heteroatoms. The average molecular weight is 318 g/mol. The molecule has 3 N–H and O–H groups in total. The third-order valence-corrected chi connectivity index (χ3v) is 5.49. The van der Waals surface area contributed by atoms with Gasteiger partial charge >= 0.3 is 0 Å². The minimum atomic E-state index is -0.641. The number of aliphatic hydroxyl groups is 1. The molecule has 3 rings (SSSR count). The molecule has 1 saturated heterocycles. The van der Waals surface area contributed by atoms with E-state index in [-0.39, 0.29) is 24.4 Å². The van der Waals surface area contributed by atoms with Gasteiger partial charge in [-0.05, 0) is 25.3 Å². The predicted octanol–water partition coefficient (Wildman–Crippen LogP) is 1.85. The first-order valence-corrected chi connectivity index (χ1v) is 8.43. The minimum absolute atomic E-state index is 0.0299. The van der Waals surface area contributed by atoms with Crippen molar-refractivity contribution in [2.24, 2.45) is 11.7 Å². The average Bonchev–Trinajstić information content (AvgIpc) is 2.54. The summed E-state index contributed by atoms with van der Waals surface area (Å²) in [7, 11) is 1.66. The smallest absolute Gasteiger partial charge is 0.231 e. The lowest BCUT2D eigenvalue weighted by molar-refractivity contribution is -0.136. The van der Waals surface area contributed by atoms with Crippen molar-refractivity contribution in [3.63, 3.8) is 0 Å². The number of nitrogens with two attached hydrogens (primary N) is 1. The van der Waals surface area contributed by atoms with Crippen molar-refractivity contribution in [1.82, 2.24) is 4.90 Å².